The number of rotatable bonds is 11. The standard InChI is InChI=1S/C17H34O2/c1-14(2)9-5-7-11-16(18)13-17(19)12-8-6-10-15(3)4/h13-16,18-19H,5-12H2,1-4H3/b17-13-. The van der Waals surface area contributed by atoms with Crippen LogP contribution >= 0.6 is 0 Å². The summed E-state index contributed by atoms with van der Waals surface area (Å²) in [7, 11) is 0. The van der Waals surface area contributed by atoms with E-state index in [0.717, 1.165) is 43.9 Å². The van der Waals surface area contributed by atoms with Crippen LogP contribution in [0.5, 0.6) is 0 Å². The Morgan fingerprint density at radius 2 is 1.32 bits per heavy atom. The van der Waals surface area contributed by atoms with Gasteiger partial charge in [0.2, 0.25) is 0 Å². The fraction of sp³-hybridized carbons (Fsp3) is 0.882. The van der Waals surface area contributed by atoms with Crippen molar-refractivity contribution in [1.82, 2.24) is 0 Å². The SMILES string of the molecule is CC(C)CCCC/C(O)=C/C(O)CCCCC(C)C. The summed E-state index contributed by atoms with van der Waals surface area (Å²) in [5, 5.41) is 19.5. The Morgan fingerprint density at radius 1 is 0.842 bits per heavy atom. The lowest BCUT2D eigenvalue weighted by Crippen LogP contribution is -2.04. The summed E-state index contributed by atoms with van der Waals surface area (Å²) < 4.78 is 0. The number of hydrogen-bond donors (Lipinski definition) is 2. The molecule has 114 valence electrons. The van der Waals surface area contributed by atoms with Crippen molar-refractivity contribution in [3.8, 4) is 0 Å². The maximum atomic E-state index is 9.79. The third-order valence-corrected chi connectivity index (χ3v) is 3.38. The van der Waals surface area contributed by atoms with Crippen molar-refractivity contribution in [1.29, 1.82) is 0 Å². The lowest BCUT2D eigenvalue weighted by atomic mass is 10.0. The molecule has 0 aromatic heterocycles. The average molecular weight is 270 g/mol. The molecule has 0 saturated carbocycles. The highest BCUT2D eigenvalue weighted by molar-refractivity contribution is 4.95. The Hall–Kier alpha value is -0.500. The van der Waals surface area contributed by atoms with Crippen molar-refractivity contribution < 1.29 is 10.2 Å². The fourth-order valence-electron chi connectivity index (χ4n) is 2.15. The van der Waals surface area contributed by atoms with Gasteiger partial charge < -0.3 is 10.2 Å². The summed E-state index contributed by atoms with van der Waals surface area (Å²) in [6, 6.07) is 0. The molecule has 2 N–H and O–H groups in total. The summed E-state index contributed by atoms with van der Waals surface area (Å²) >= 11 is 0. The molecule has 0 aliphatic carbocycles. The Balaban J connectivity index is 3.63. The Bertz CT molecular complexity index is 231. The zero-order chi connectivity index (χ0) is 14.7. The predicted octanol–water partition coefficient (Wildman–Crippen LogP) is 5.22. The van der Waals surface area contributed by atoms with E-state index in [4.69, 9.17) is 0 Å². The van der Waals surface area contributed by atoms with E-state index < -0.39 is 6.10 Å². The van der Waals surface area contributed by atoms with Gasteiger partial charge in [0.25, 0.3) is 0 Å². The molecule has 0 bridgehead atoms. The Kier molecular flexibility index (Phi) is 11.0. The zero-order valence-corrected chi connectivity index (χ0v) is 13.4. The van der Waals surface area contributed by atoms with Crippen LogP contribution in [0, 0.1) is 11.8 Å². The van der Waals surface area contributed by atoms with Gasteiger partial charge in [-0.15, -0.1) is 0 Å². The van der Waals surface area contributed by atoms with Crippen molar-refractivity contribution in [3.63, 3.8) is 0 Å². The van der Waals surface area contributed by atoms with Crippen molar-refractivity contribution in [2.45, 2.75) is 85.2 Å². The number of aliphatic hydroxyl groups excluding tert-OH is 2. The summed E-state index contributed by atoms with van der Waals surface area (Å²) in [6.07, 6.45) is 9.43. The van der Waals surface area contributed by atoms with Gasteiger partial charge in [-0.1, -0.05) is 59.8 Å². The minimum Gasteiger partial charge on any atom is -0.513 e. The molecular weight excluding hydrogens is 236 g/mol. The van der Waals surface area contributed by atoms with E-state index in [2.05, 4.69) is 27.7 Å². The van der Waals surface area contributed by atoms with Crippen LogP contribution in [0.1, 0.15) is 79.1 Å². The molecule has 0 aromatic rings. The molecule has 1 unspecified atom stereocenters. The van der Waals surface area contributed by atoms with Gasteiger partial charge in [0, 0.05) is 6.42 Å². The van der Waals surface area contributed by atoms with Gasteiger partial charge in [-0.25, -0.2) is 0 Å². The molecule has 1 atom stereocenters. The lowest BCUT2D eigenvalue weighted by molar-refractivity contribution is 0.200. The number of aliphatic hydroxyl groups is 2. The Morgan fingerprint density at radius 3 is 1.84 bits per heavy atom. The Labute approximate surface area is 119 Å². The van der Waals surface area contributed by atoms with E-state index in [1.807, 2.05) is 0 Å². The van der Waals surface area contributed by atoms with Gasteiger partial charge in [-0.05, 0) is 30.8 Å². The quantitative estimate of drug-likeness (QED) is 0.399. The van der Waals surface area contributed by atoms with Crippen LogP contribution in [0.25, 0.3) is 0 Å². The van der Waals surface area contributed by atoms with Crippen molar-refractivity contribution in [2.75, 3.05) is 0 Å². The first-order valence-electron chi connectivity index (χ1n) is 7.99. The van der Waals surface area contributed by atoms with Crippen LogP contribution in [0.15, 0.2) is 11.8 Å². The molecular formula is C17H34O2. The molecule has 0 aliphatic heterocycles. The number of allylic oxidation sites excluding steroid dienone is 1. The summed E-state index contributed by atoms with van der Waals surface area (Å²) in [5.74, 6) is 1.83. The highest BCUT2D eigenvalue weighted by Gasteiger charge is 2.04. The topological polar surface area (TPSA) is 40.5 Å². The zero-order valence-electron chi connectivity index (χ0n) is 13.4. The van der Waals surface area contributed by atoms with Gasteiger partial charge in [0.15, 0.2) is 0 Å². The van der Waals surface area contributed by atoms with Crippen molar-refractivity contribution in [2.24, 2.45) is 11.8 Å². The first-order chi connectivity index (χ1) is 8.91. The van der Waals surface area contributed by atoms with Gasteiger partial charge in [-0.3, -0.25) is 0 Å². The average Bonchev–Trinajstić information content (AvgIpc) is 2.30. The van der Waals surface area contributed by atoms with Crippen LogP contribution in [-0.2, 0) is 0 Å². The van der Waals surface area contributed by atoms with E-state index in [1.54, 1.807) is 6.08 Å². The second-order valence-electron chi connectivity index (χ2n) is 6.54. The molecule has 19 heavy (non-hydrogen) atoms. The summed E-state index contributed by atoms with van der Waals surface area (Å²) in [6.45, 7) is 8.88. The monoisotopic (exact) mass is 270 g/mol. The molecule has 2 nitrogen and oxygen atoms in total. The van der Waals surface area contributed by atoms with Crippen LogP contribution in [-0.4, -0.2) is 16.3 Å². The molecule has 0 spiro atoms. The third-order valence-electron chi connectivity index (χ3n) is 3.38. The molecule has 0 heterocycles. The molecule has 0 aromatic carbocycles. The highest BCUT2D eigenvalue weighted by Crippen LogP contribution is 2.14. The van der Waals surface area contributed by atoms with E-state index in [1.165, 1.54) is 12.8 Å². The maximum absolute atomic E-state index is 9.79. The highest BCUT2D eigenvalue weighted by atomic mass is 16.3. The van der Waals surface area contributed by atoms with E-state index in [9.17, 15) is 10.2 Å². The van der Waals surface area contributed by atoms with Gasteiger partial charge in [-0.2, -0.15) is 0 Å². The molecule has 0 aliphatic rings. The van der Waals surface area contributed by atoms with E-state index in [0.29, 0.717) is 12.2 Å². The number of hydrogen-bond acceptors (Lipinski definition) is 2. The first-order valence-corrected chi connectivity index (χ1v) is 7.99. The van der Waals surface area contributed by atoms with Gasteiger partial charge >= 0.3 is 0 Å². The summed E-state index contributed by atoms with van der Waals surface area (Å²) in [4.78, 5) is 0. The molecule has 2 heteroatoms. The molecule has 0 fully saturated rings. The van der Waals surface area contributed by atoms with Crippen molar-refractivity contribution in [3.05, 3.63) is 11.8 Å². The minimum absolute atomic E-state index is 0.361. The minimum atomic E-state index is -0.475. The van der Waals surface area contributed by atoms with Crippen LogP contribution in [0.3, 0.4) is 0 Å². The van der Waals surface area contributed by atoms with E-state index in [-0.39, 0.29) is 0 Å². The van der Waals surface area contributed by atoms with Crippen LogP contribution in [0.4, 0.5) is 0 Å². The van der Waals surface area contributed by atoms with E-state index >= 15 is 0 Å². The normalized spacial score (nSPS) is 14.4. The fourth-order valence-corrected chi connectivity index (χ4v) is 2.15. The van der Waals surface area contributed by atoms with Gasteiger partial charge in [0.1, 0.15) is 0 Å². The maximum Gasteiger partial charge on any atom is 0.0908 e. The molecule has 0 saturated heterocycles. The van der Waals surface area contributed by atoms with Gasteiger partial charge in [0.05, 0.1) is 11.9 Å². The predicted molar refractivity (Wildman–Crippen MR) is 83.3 cm³/mol. The first kappa shape index (κ1) is 18.5. The largest absolute Gasteiger partial charge is 0.513 e. The third kappa shape index (κ3) is 13.7. The number of unbranched alkanes of at least 4 members (excludes halogenated alkanes) is 2. The lowest BCUT2D eigenvalue weighted by Gasteiger charge is -2.09. The molecule has 0 rings (SSSR count). The van der Waals surface area contributed by atoms with Crippen LogP contribution < -0.4 is 0 Å². The summed E-state index contributed by atoms with van der Waals surface area (Å²) in [5.41, 5.74) is 0. The molecule has 0 radical (unpaired) electrons. The molecule has 0 amide bonds. The smallest absolute Gasteiger partial charge is 0.0908 e. The van der Waals surface area contributed by atoms with Crippen molar-refractivity contribution >= 4 is 0 Å². The second-order valence-corrected chi connectivity index (χ2v) is 6.54. The van der Waals surface area contributed by atoms with Crippen LogP contribution in [0.2, 0.25) is 0 Å². The second kappa shape index (κ2) is 11.3.